The van der Waals surface area contributed by atoms with E-state index >= 15 is 0 Å². The lowest BCUT2D eigenvalue weighted by Gasteiger charge is -2.33. The summed E-state index contributed by atoms with van der Waals surface area (Å²) in [6.45, 7) is 10.8. The van der Waals surface area contributed by atoms with Crippen LogP contribution in [0.2, 0.25) is 5.02 Å². The Morgan fingerprint density at radius 1 is 1.24 bits per heavy atom. The second-order valence-electron chi connectivity index (χ2n) is 9.41. The van der Waals surface area contributed by atoms with Crippen LogP contribution in [0.1, 0.15) is 58.3 Å². The highest BCUT2D eigenvalue weighted by atomic mass is 35.5. The predicted molar refractivity (Wildman–Crippen MR) is 132 cm³/mol. The van der Waals surface area contributed by atoms with E-state index in [0.717, 1.165) is 33.9 Å². The van der Waals surface area contributed by atoms with Gasteiger partial charge in [-0.2, -0.15) is 0 Å². The zero-order valence-corrected chi connectivity index (χ0v) is 20.3. The van der Waals surface area contributed by atoms with Gasteiger partial charge in [-0.15, -0.1) is 0 Å². The van der Waals surface area contributed by atoms with Gasteiger partial charge in [0.15, 0.2) is 0 Å². The summed E-state index contributed by atoms with van der Waals surface area (Å²) in [6, 6.07) is 3.86. The summed E-state index contributed by atoms with van der Waals surface area (Å²) in [5, 5.41) is 4.33. The molecular weight excluding hydrogens is 452 g/mol. The fourth-order valence-electron chi connectivity index (χ4n) is 5.00. The van der Waals surface area contributed by atoms with Gasteiger partial charge in [0.05, 0.1) is 21.7 Å². The van der Waals surface area contributed by atoms with Gasteiger partial charge in [0, 0.05) is 24.0 Å². The summed E-state index contributed by atoms with van der Waals surface area (Å²) in [5.41, 5.74) is 4.37. The molecule has 4 aromatic rings. The van der Waals surface area contributed by atoms with Crippen molar-refractivity contribution < 1.29 is 4.52 Å². The van der Waals surface area contributed by atoms with Crippen LogP contribution in [0, 0.1) is 11.8 Å². The number of hydrogen-bond donors (Lipinski definition) is 1. The number of allylic oxidation sites excluding steroid dienone is 1. The molecule has 5 rings (SSSR count). The van der Waals surface area contributed by atoms with E-state index in [-0.39, 0.29) is 11.9 Å². The average Bonchev–Trinajstić information content (AvgIpc) is 3.42. The minimum atomic E-state index is -0.642. The van der Waals surface area contributed by atoms with Crippen molar-refractivity contribution in [2.75, 3.05) is 0 Å². The molecule has 1 aliphatic rings. The minimum absolute atomic E-state index is 0.203. The van der Waals surface area contributed by atoms with Gasteiger partial charge < -0.3 is 4.57 Å². The number of H-pyrrole nitrogens is 1. The Morgan fingerprint density at radius 2 is 2.00 bits per heavy atom. The number of halogens is 1. The van der Waals surface area contributed by atoms with Crippen molar-refractivity contribution in [2.45, 2.75) is 52.5 Å². The maximum Gasteiger partial charge on any atom is 0.439 e. The fourth-order valence-corrected chi connectivity index (χ4v) is 5.18. The molecule has 4 heterocycles. The number of nitrogens with one attached hydrogen (secondary N) is 1. The second-order valence-corrected chi connectivity index (χ2v) is 9.84. The van der Waals surface area contributed by atoms with Gasteiger partial charge in [0.1, 0.15) is 11.5 Å². The Hall–Kier alpha value is -3.26. The van der Waals surface area contributed by atoms with Crippen LogP contribution in [-0.2, 0) is 0 Å². The van der Waals surface area contributed by atoms with Crippen LogP contribution in [0.4, 0.5) is 0 Å². The Labute approximate surface area is 202 Å². The molecule has 9 heteroatoms. The van der Waals surface area contributed by atoms with E-state index in [2.05, 4.69) is 40.1 Å². The van der Waals surface area contributed by atoms with Gasteiger partial charge in [-0.1, -0.05) is 43.1 Å². The summed E-state index contributed by atoms with van der Waals surface area (Å²) >= 11 is 6.30. The molecule has 0 saturated heterocycles. The van der Waals surface area contributed by atoms with E-state index in [1.54, 1.807) is 12.4 Å². The molecule has 0 radical (unpaired) electrons. The Bertz CT molecular complexity index is 1430. The average molecular weight is 479 g/mol. The number of pyridine rings is 2. The van der Waals surface area contributed by atoms with Crippen LogP contribution in [0.3, 0.4) is 0 Å². The van der Waals surface area contributed by atoms with E-state index in [1.807, 2.05) is 19.1 Å². The predicted octanol–water partition coefficient (Wildman–Crippen LogP) is 5.91. The topological polar surface area (TPSA) is 102 Å². The van der Waals surface area contributed by atoms with Crippen LogP contribution in [0.5, 0.6) is 0 Å². The Morgan fingerprint density at radius 3 is 2.65 bits per heavy atom. The first-order valence-electron chi connectivity index (χ1n) is 11.6. The van der Waals surface area contributed by atoms with Gasteiger partial charge >= 0.3 is 5.76 Å². The number of aromatic amines is 1. The number of rotatable bonds is 5. The molecule has 1 aliphatic carbocycles. The largest absolute Gasteiger partial charge is 0.439 e. The second kappa shape index (κ2) is 8.83. The van der Waals surface area contributed by atoms with Crippen molar-refractivity contribution in [1.29, 1.82) is 0 Å². The summed E-state index contributed by atoms with van der Waals surface area (Å²) in [4.78, 5) is 28.3. The molecule has 34 heavy (non-hydrogen) atoms. The number of nitrogens with zero attached hydrogens (tertiary/aromatic N) is 5. The minimum Gasteiger partial charge on any atom is -0.319 e. The van der Waals surface area contributed by atoms with E-state index in [4.69, 9.17) is 26.1 Å². The van der Waals surface area contributed by atoms with Crippen LogP contribution >= 0.6 is 11.6 Å². The van der Waals surface area contributed by atoms with Gasteiger partial charge in [-0.25, -0.2) is 14.8 Å². The molecule has 176 valence electrons. The molecule has 8 nitrogen and oxygen atoms in total. The molecule has 0 aromatic carbocycles. The molecule has 1 atom stereocenters. The summed E-state index contributed by atoms with van der Waals surface area (Å²) in [5.74, 6) is 1.72. The molecule has 1 fully saturated rings. The van der Waals surface area contributed by atoms with Crippen LogP contribution in [0.25, 0.3) is 39.4 Å². The lowest BCUT2D eigenvalue weighted by atomic mass is 9.79. The third-order valence-corrected chi connectivity index (χ3v) is 7.07. The maximum atomic E-state index is 11.6. The first-order chi connectivity index (χ1) is 16.3. The molecular formula is C25H27ClN6O2. The quantitative estimate of drug-likeness (QED) is 0.382. The van der Waals surface area contributed by atoms with Crippen molar-refractivity contribution in [3.05, 3.63) is 52.5 Å². The lowest BCUT2D eigenvalue weighted by molar-refractivity contribution is 0.227. The standard InChI is InChI=1S/C25H27ClN6O2/c1-13(2)24-29-19-10-20(23-30-25(33)34-31-23)28-21(17-9-18(26)12-27-11-17)22(19)32(24)15(4)16-7-5-14(3)6-8-16/h9-12,14-16H,1,5-8H2,2-4H3,(H,30,31,33). The van der Waals surface area contributed by atoms with Gasteiger partial charge in [0.2, 0.25) is 5.82 Å². The first kappa shape index (κ1) is 22.5. The molecule has 4 aromatic heterocycles. The zero-order chi connectivity index (χ0) is 24.0. The highest BCUT2D eigenvalue weighted by Crippen LogP contribution is 2.40. The molecule has 0 bridgehead atoms. The van der Waals surface area contributed by atoms with Crippen molar-refractivity contribution in [3.63, 3.8) is 0 Å². The van der Waals surface area contributed by atoms with Crippen molar-refractivity contribution >= 4 is 28.2 Å². The van der Waals surface area contributed by atoms with Crippen molar-refractivity contribution in [1.82, 2.24) is 29.7 Å². The fraction of sp³-hybridized carbons (Fsp3) is 0.400. The Kier molecular flexibility index (Phi) is 5.85. The van der Waals surface area contributed by atoms with E-state index in [1.165, 1.54) is 25.7 Å². The van der Waals surface area contributed by atoms with Crippen molar-refractivity contribution in [3.8, 4) is 22.8 Å². The van der Waals surface area contributed by atoms with Gasteiger partial charge in [-0.05, 0) is 56.2 Å². The number of imidazole rings is 1. The number of fused-ring (bicyclic) bond motifs is 1. The number of aromatic nitrogens is 6. The summed E-state index contributed by atoms with van der Waals surface area (Å²) < 4.78 is 6.99. The SMILES string of the molecule is C=C(C)c1nc2cc(-c3noc(=O)[nH]3)nc(-c3cncc(Cl)c3)c2n1C(C)C1CCC(C)CC1. The monoisotopic (exact) mass is 478 g/mol. The smallest absolute Gasteiger partial charge is 0.319 e. The van der Waals surface area contributed by atoms with E-state index in [0.29, 0.717) is 22.3 Å². The van der Waals surface area contributed by atoms with E-state index in [9.17, 15) is 4.79 Å². The molecule has 0 amide bonds. The van der Waals surface area contributed by atoms with Gasteiger partial charge in [-0.3, -0.25) is 14.5 Å². The third kappa shape index (κ3) is 4.07. The van der Waals surface area contributed by atoms with Crippen LogP contribution in [-0.4, -0.2) is 29.7 Å². The normalized spacial score (nSPS) is 19.4. The summed E-state index contributed by atoms with van der Waals surface area (Å²) in [7, 11) is 0. The number of hydrogen-bond acceptors (Lipinski definition) is 6. The molecule has 1 saturated carbocycles. The highest BCUT2D eigenvalue weighted by Gasteiger charge is 2.29. The van der Waals surface area contributed by atoms with Gasteiger partial charge in [0.25, 0.3) is 0 Å². The third-order valence-electron chi connectivity index (χ3n) is 6.86. The maximum absolute atomic E-state index is 11.6. The zero-order valence-electron chi connectivity index (χ0n) is 19.5. The molecule has 1 N–H and O–H groups in total. The summed E-state index contributed by atoms with van der Waals surface area (Å²) in [6.07, 6.45) is 8.14. The highest BCUT2D eigenvalue weighted by molar-refractivity contribution is 6.30. The molecule has 1 unspecified atom stereocenters. The Balaban J connectivity index is 1.78. The first-order valence-corrected chi connectivity index (χ1v) is 12.0. The molecule has 0 spiro atoms. The van der Waals surface area contributed by atoms with Crippen molar-refractivity contribution in [2.24, 2.45) is 11.8 Å². The van der Waals surface area contributed by atoms with Crippen LogP contribution < -0.4 is 5.76 Å². The van der Waals surface area contributed by atoms with E-state index < -0.39 is 5.76 Å². The lowest BCUT2D eigenvalue weighted by Crippen LogP contribution is -2.23. The van der Waals surface area contributed by atoms with Crippen LogP contribution in [0.15, 0.2) is 40.4 Å². The molecule has 0 aliphatic heterocycles.